The van der Waals surface area contributed by atoms with Crippen LogP contribution in [0.3, 0.4) is 0 Å². The summed E-state index contributed by atoms with van der Waals surface area (Å²) < 4.78 is 0. The maximum absolute atomic E-state index is 12.3. The number of nitrogens with one attached hydrogen (secondary N) is 2. The summed E-state index contributed by atoms with van der Waals surface area (Å²) in [5.74, 6) is -0.332. The number of hydrogen-bond donors (Lipinski definition) is 2. The zero-order chi connectivity index (χ0) is 18.4. The van der Waals surface area contributed by atoms with Crippen molar-refractivity contribution in [1.82, 2.24) is 0 Å². The number of rotatable bonds is 6. The number of carbonyl (C=O) groups excluding carboxylic acids is 2. The van der Waals surface area contributed by atoms with E-state index in [9.17, 15) is 9.59 Å². The standard InChI is InChI=1S/C21H26N2O2/c1-5-16-9-11-17(12-10-16)22-19(24)13-20(25)23-21-15(4)7-6-8-18(21)14(2)3/h6-12,14H,5,13H2,1-4H3,(H,22,24)(H,23,25). The van der Waals surface area contributed by atoms with E-state index in [2.05, 4.69) is 31.4 Å². The lowest BCUT2D eigenvalue weighted by Crippen LogP contribution is -2.22. The van der Waals surface area contributed by atoms with Crippen molar-refractivity contribution in [3.8, 4) is 0 Å². The molecule has 0 unspecified atom stereocenters. The third kappa shape index (κ3) is 5.18. The lowest BCUT2D eigenvalue weighted by atomic mass is 9.98. The highest BCUT2D eigenvalue weighted by Gasteiger charge is 2.14. The van der Waals surface area contributed by atoms with E-state index in [0.29, 0.717) is 11.6 Å². The Morgan fingerprint density at radius 1 is 0.960 bits per heavy atom. The zero-order valence-electron chi connectivity index (χ0n) is 15.3. The Morgan fingerprint density at radius 3 is 2.20 bits per heavy atom. The summed E-state index contributed by atoms with van der Waals surface area (Å²) in [5.41, 5.74) is 4.78. The number of benzene rings is 2. The van der Waals surface area contributed by atoms with Crippen LogP contribution < -0.4 is 10.6 Å². The van der Waals surface area contributed by atoms with Gasteiger partial charge in [0.1, 0.15) is 6.42 Å². The zero-order valence-corrected chi connectivity index (χ0v) is 15.3. The largest absolute Gasteiger partial charge is 0.326 e. The smallest absolute Gasteiger partial charge is 0.233 e. The molecule has 2 rings (SSSR count). The summed E-state index contributed by atoms with van der Waals surface area (Å²) in [4.78, 5) is 24.4. The van der Waals surface area contributed by atoms with Crippen LogP contribution in [0.1, 0.15) is 49.8 Å². The lowest BCUT2D eigenvalue weighted by Gasteiger charge is -2.16. The molecule has 0 saturated carbocycles. The highest BCUT2D eigenvalue weighted by atomic mass is 16.2. The summed E-state index contributed by atoms with van der Waals surface area (Å²) in [6.07, 6.45) is 0.743. The van der Waals surface area contributed by atoms with Gasteiger partial charge < -0.3 is 10.6 Å². The minimum Gasteiger partial charge on any atom is -0.326 e. The van der Waals surface area contributed by atoms with Gasteiger partial charge in [-0.15, -0.1) is 0 Å². The Morgan fingerprint density at radius 2 is 1.60 bits per heavy atom. The quantitative estimate of drug-likeness (QED) is 0.753. The molecule has 0 saturated heterocycles. The van der Waals surface area contributed by atoms with Crippen molar-refractivity contribution >= 4 is 23.2 Å². The van der Waals surface area contributed by atoms with E-state index in [1.807, 2.05) is 49.4 Å². The van der Waals surface area contributed by atoms with E-state index >= 15 is 0 Å². The van der Waals surface area contributed by atoms with Crippen LogP contribution >= 0.6 is 0 Å². The number of hydrogen-bond acceptors (Lipinski definition) is 2. The highest BCUT2D eigenvalue weighted by Crippen LogP contribution is 2.27. The Labute approximate surface area is 149 Å². The molecule has 0 aliphatic heterocycles. The highest BCUT2D eigenvalue weighted by molar-refractivity contribution is 6.08. The molecule has 0 heterocycles. The molecule has 2 aromatic rings. The van der Waals surface area contributed by atoms with Gasteiger partial charge in [-0.05, 0) is 48.1 Å². The Bertz CT molecular complexity index is 749. The first-order valence-corrected chi connectivity index (χ1v) is 8.68. The first-order valence-electron chi connectivity index (χ1n) is 8.68. The summed E-state index contributed by atoms with van der Waals surface area (Å²) in [6, 6.07) is 13.6. The summed E-state index contributed by atoms with van der Waals surface area (Å²) in [6.45, 7) is 8.19. The SMILES string of the molecule is CCc1ccc(NC(=O)CC(=O)Nc2c(C)cccc2C(C)C)cc1. The van der Waals surface area contributed by atoms with E-state index in [-0.39, 0.29) is 18.2 Å². The van der Waals surface area contributed by atoms with Crippen molar-refractivity contribution in [2.45, 2.75) is 46.5 Å². The first kappa shape index (κ1) is 18.7. The molecule has 132 valence electrons. The molecule has 0 aliphatic rings. The van der Waals surface area contributed by atoms with Gasteiger partial charge in [-0.1, -0.05) is 51.1 Å². The van der Waals surface area contributed by atoms with Crippen LogP contribution in [-0.4, -0.2) is 11.8 Å². The van der Waals surface area contributed by atoms with Gasteiger partial charge in [0.15, 0.2) is 0 Å². The maximum atomic E-state index is 12.3. The molecular formula is C21H26N2O2. The van der Waals surface area contributed by atoms with Crippen LogP contribution in [0.4, 0.5) is 11.4 Å². The molecule has 2 aromatic carbocycles. The second-order valence-electron chi connectivity index (χ2n) is 6.52. The number of amides is 2. The van der Waals surface area contributed by atoms with Gasteiger partial charge >= 0.3 is 0 Å². The van der Waals surface area contributed by atoms with Gasteiger partial charge in [0.05, 0.1) is 0 Å². The van der Waals surface area contributed by atoms with Gasteiger partial charge in [0.25, 0.3) is 0 Å². The molecule has 0 bridgehead atoms. The van der Waals surface area contributed by atoms with E-state index in [1.54, 1.807) is 0 Å². The van der Waals surface area contributed by atoms with E-state index in [0.717, 1.165) is 23.2 Å². The molecule has 0 aliphatic carbocycles. The molecule has 0 aromatic heterocycles. The molecule has 25 heavy (non-hydrogen) atoms. The molecule has 4 heteroatoms. The van der Waals surface area contributed by atoms with Gasteiger partial charge in [-0.25, -0.2) is 0 Å². The minimum atomic E-state index is -0.318. The van der Waals surface area contributed by atoms with Crippen LogP contribution in [0.2, 0.25) is 0 Å². The third-order valence-electron chi connectivity index (χ3n) is 4.16. The Kier molecular flexibility index (Phi) is 6.34. The predicted molar refractivity (Wildman–Crippen MR) is 103 cm³/mol. The van der Waals surface area contributed by atoms with E-state index in [4.69, 9.17) is 0 Å². The number of carbonyl (C=O) groups is 2. The fourth-order valence-electron chi connectivity index (χ4n) is 2.70. The van der Waals surface area contributed by atoms with Crippen LogP contribution in [0.5, 0.6) is 0 Å². The van der Waals surface area contributed by atoms with Crippen molar-refractivity contribution in [3.63, 3.8) is 0 Å². The number of aryl methyl sites for hydroxylation is 2. The molecule has 0 fully saturated rings. The Hall–Kier alpha value is -2.62. The number of anilines is 2. The number of para-hydroxylation sites is 1. The maximum Gasteiger partial charge on any atom is 0.233 e. The Balaban J connectivity index is 1.99. The lowest BCUT2D eigenvalue weighted by molar-refractivity contribution is -0.123. The van der Waals surface area contributed by atoms with Crippen molar-refractivity contribution < 1.29 is 9.59 Å². The molecular weight excluding hydrogens is 312 g/mol. The van der Waals surface area contributed by atoms with Crippen LogP contribution in [0, 0.1) is 6.92 Å². The van der Waals surface area contributed by atoms with E-state index in [1.165, 1.54) is 5.56 Å². The van der Waals surface area contributed by atoms with E-state index < -0.39 is 0 Å². The topological polar surface area (TPSA) is 58.2 Å². The summed E-state index contributed by atoms with van der Waals surface area (Å²) in [7, 11) is 0. The van der Waals surface area contributed by atoms with Gasteiger partial charge in [-0.3, -0.25) is 9.59 Å². The summed E-state index contributed by atoms with van der Waals surface area (Å²) in [5, 5.41) is 5.66. The monoisotopic (exact) mass is 338 g/mol. The average Bonchev–Trinajstić information content (AvgIpc) is 2.57. The molecule has 2 N–H and O–H groups in total. The normalized spacial score (nSPS) is 10.6. The molecule has 0 atom stereocenters. The summed E-state index contributed by atoms with van der Waals surface area (Å²) >= 11 is 0. The van der Waals surface area contributed by atoms with Crippen molar-refractivity contribution in [2.75, 3.05) is 10.6 Å². The van der Waals surface area contributed by atoms with Crippen molar-refractivity contribution in [1.29, 1.82) is 0 Å². The minimum absolute atomic E-state index is 0.207. The molecule has 0 spiro atoms. The van der Waals surface area contributed by atoms with Gasteiger partial charge in [0, 0.05) is 11.4 Å². The average molecular weight is 338 g/mol. The fourth-order valence-corrected chi connectivity index (χ4v) is 2.70. The van der Waals surface area contributed by atoms with Crippen LogP contribution in [0.15, 0.2) is 42.5 Å². The second kappa shape index (κ2) is 8.47. The fraction of sp³-hybridized carbons (Fsp3) is 0.333. The predicted octanol–water partition coefficient (Wildman–Crippen LogP) is 4.65. The third-order valence-corrected chi connectivity index (χ3v) is 4.16. The first-order chi connectivity index (χ1) is 11.9. The van der Waals surface area contributed by atoms with Crippen LogP contribution in [-0.2, 0) is 16.0 Å². The molecule has 4 nitrogen and oxygen atoms in total. The molecule has 0 radical (unpaired) electrons. The molecule has 2 amide bonds. The van der Waals surface area contributed by atoms with Gasteiger partial charge in [0.2, 0.25) is 11.8 Å². The van der Waals surface area contributed by atoms with Crippen molar-refractivity contribution in [2.24, 2.45) is 0 Å². The second-order valence-corrected chi connectivity index (χ2v) is 6.52. The van der Waals surface area contributed by atoms with Crippen molar-refractivity contribution in [3.05, 3.63) is 59.2 Å². The van der Waals surface area contributed by atoms with Gasteiger partial charge in [-0.2, -0.15) is 0 Å². The van der Waals surface area contributed by atoms with Crippen LogP contribution in [0.25, 0.3) is 0 Å².